The van der Waals surface area contributed by atoms with E-state index in [1.807, 2.05) is 31.6 Å². The minimum atomic E-state index is -0.459. The Morgan fingerprint density at radius 3 is 2.89 bits per heavy atom. The number of aromatic nitrogens is 2. The number of hydrogen-bond donors (Lipinski definition) is 0. The molecule has 0 radical (unpaired) electrons. The molecule has 0 aliphatic carbocycles. The van der Waals surface area contributed by atoms with Crippen LogP contribution in [0.2, 0.25) is 0 Å². The fraction of sp³-hybridized carbons (Fsp3) is 0.600. The number of fused-ring (bicyclic) bond motifs is 1. The molecule has 1 unspecified atom stereocenters. The Bertz CT molecular complexity index is 856. The van der Waals surface area contributed by atoms with Crippen molar-refractivity contribution in [3.8, 4) is 0 Å². The van der Waals surface area contributed by atoms with E-state index in [-0.39, 0.29) is 12.3 Å². The molecule has 0 aromatic carbocycles. The van der Waals surface area contributed by atoms with Crippen molar-refractivity contribution in [1.82, 2.24) is 14.7 Å². The van der Waals surface area contributed by atoms with E-state index in [1.54, 1.807) is 16.2 Å². The van der Waals surface area contributed by atoms with Gasteiger partial charge in [0.1, 0.15) is 10.4 Å². The van der Waals surface area contributed by atoms with E-state index in [0.717, 1.165) is 25.9 Å². The predicted molar refractivity (Wildman–Crippen MR) is 107 cm³/mol. The second-order valence-corrected chi connectivity index (χ2v) is 9.22. The lowest BCUT2D eigenvalue weighted by atomic mass is 10.1. The summed E-state index contributed by atoms with van der Waals surface area (Å²) in [5.41, 5.74) is 0.840. The summed E-state index contributed by atoms with van der Waals surface area (Å²) < 4.78 is 13.4. The van der Waals surface area contributed by atoms with Gasteiger partial charge in [0.15, 0.2) is 6.23 Å². The van der Waals surface area contributed by atoms with Crippen molar-refractivity contribution in [2.75, 3.05) is 19.7 Å². The first-order valence-corrected chi connectivity index (χ1v) is 10.5. The molecule has 27 heavy (non-hydrogen) atoms. The summed E-state index contributed by atoms with van der Waals surface area (Å²) in [4.78, 5) is 16.4. The maximum atomic E-state index is 12.2. The van der Waals surface area contributed by atoms with Crippen LogP contribution >= 0.6 is 11.3 Å². The topological polar surface area (TPSA) is 56.6 Å². The van der Waals surface area contributed by atoms with E-state index in [4.69, 9.17) is 9.47 Å². The Hall–Kier alpha value is -1.86. The van der Waals surface area contributed by atoms with E-state index < -0.39 is 5.60 Å². The first-order chi connectivity index (χ1) is 12.9. The van der Waals surface area contributed by atoms with Crippen molar-refractivity contribution < 1.29 is 14.3 Å². The van der Waals surface area contributed by atoms with Gasteiger partial charge in [0, 0.05) is 30.0 Å². The van der Waals surface area contributed by atoms with Gasteiger partial charge in [-0.3, -0.25) is 0 Å². The molecule has 4 heterocycles. The quantitative estimate of drug-likeness (QED) is 0.739. The second-order valence-electron chi connectivity index (χ2n) is 8.19. The minimum absolute atomic E-state index is 0.0609. The van der Waals surface area contributed by atoms with Crippen LogP contribution in [0.25, 0.3) is 15.8 Å². The van der Waals surface area contributed by atoms with Crippen molar-refractivity contribution in [3.63, 3.8) is 0 Å². The normalized spacial score (nSPS) is 21.4. The van der Waals surface area contributed by atoms with E-state index >= 15 is 0 Å². The zero-order valence-electron chi connectivity index (χ0n) is 16.2. The maximum absolute atomic E-state index is 12.2. The molecule has 0 bridgehead atoms. The van der Waals surface area contributed by atoms with Gasteiger partial charge >= 0.3 is 6.09 Å². The molecule has 0 spiro atoms. The summed E-state index contributed by atoms with van der Waals surface area (Å²) >= 11 is 1.77. The predicted octanol–water partition coefficient (Wildman–Crippen LogP) is 4.82. The Labute approximate surface area is 163 Å². The van der Waals surface area contributed by atoms with Crippen LogP contribution in [0.1, 0.15) is 57.6 Å². The lowest BCUT2D eigenvalue weighted by Gasteiger charge is -2.29. The summed E-state index contributed by atoms with van der Waals surface area (Å²) in [6.07, 6.45) is 8.10. The highest BCUT2D eigenvalue weighted by molar-refractivity contribution is 7.19. The van der Waals surface area contributed by atoms with Crippen molar-refractivity contribution in [1.29, 1.82) is 0 Å². The van der Waals surface area contributed by atoms with Gasteiger partial charge in [0.05, 0.1) is 6.20 Å². The third kappa shape index (κ3) is 4.04. The number of nitrogens with zero attached hydrogens (tertiary/aromatic N) is 3. The molecule has 1 fully saturated rings. The molecule has 7 heteroatoms. The van der Waals surface area contributed by atoms with E-state index in [1.165, 1.54) is 27.1 Å². The van der Waals surface area contributed by atoms with Gasteiger partial charge in [-0.1, -0.05) is 6.08 Å². The number of amides is 1. The minimum Gasteiger partial charge on any atom is -0.444 e. The Morgan fingerprint density at radius 1 is 1.37 bits per heavy atom. The van der Waals surface area contributed by atoms with Gasteiger partial charge < -0.3 is 14.4 Å². The van der Waals surface area contributed by atoms with Crippen LogP contribution in [0.5, 0.6) is 0 Å². The molecule has 2 aliphatic heterocycles. The zero-order valence-corrected chi connectivity index (χ0v) is 17.1. The van der Waals surface area contributed by atoms with Crippen LogP contribution in [0.3, 0.4) is 0 Å². The standard InChI is InChI=1S/C20H27N3O3S/c1-20(2,3)26-19(24)22-9-7-14(8-10-22)16-12-15-13-21-23(18(15)27-16)17-6-4-5-11-25-17/h7,12-13,17H,4-6,8-11H2,1-3H3. The summed E-state index contributed by atoms with van der Waals surface area (Å²) in [5, 5.41) is 5.71. The average Bonchev–Trinajstić information content (AvgIpc) is 3.22. The molecular weight excluding hydrogens is 362 g/mol. The van der Waals surface area contributed by atoms with Gasteiger partial charge in [-0.15, -0.1) is 11.3 Å². The van der Waals surface area contributed by atoms with Crippen molar-refractivity contribution in [2.45, 2.75) is 58.3 Å². The first-order valence-electron chi connectivity index (χ1n) is 9.67. The lowest BCUT2D eigenvalue weighted by Crippen LogP contribution is -2.39. The van der Waals surface area contributed by atoms with E-state index in [9.17, 15) is 4.79 Å². The number of thiophene rings is 1. The van der Waals surface area contributed by atoms with E-state index in [2.05, 4.69) is 17.2 Å². The Kier molecular flexibility index (Phi) is 4.99. The summed E-state index contributed by atoms with van der Waals surface area (Å²) in [6, 6.07) is 2.21. The molecule has 6 nitrogen and oxygen atoms in total. The average molecular weight is 390 g/mol. The highest BCUT2D eigenvalue weighted by atomic mass is 32.1. The summed E-state index contributed by atoms with van der Waals surface area (Å²) in [6.45, 7) is 7.78. The third-order valence-electron chi connectivity index (χ3n) is 4.88. The molecule has 1 atom stereocenters. The van der Waals surface area contributed by atoms with Gasteiger partial charge in [-0.05, 0) is 58.1 Å². The van der Waals surface area contributed by atoms with Crippen LogP contribution < -0.4 is 0 Å². The Balaban J connectivity index is 1.48. The number of carbonyl (C=O) groups is 1. The van der Waals surface area contributed by atoms with E-state index in [0.29, 0.717) is 13.1 Å². The smallest absolute Gasteiger partial charge is 0.410 e. The number of carbonyl (C=O) groups excluding carboxylic acids is 1. The van der Waals surface area contributed by atoms with Gasteiger partial charge in [-0.2, -0.15) is 5.10 Å². The van der Waals surface area contributed by atoms with Gasteiger partial charge in [-0.25, -0.2) is 9.48 Å². The number of hydrogen-bond acceptors (Lipinski definition) is 5. The maximum Gasteiger partial charge on any atom is 0.410 e. The second kappa shape index (κ2) is 7.28. The van der Waals surface area contributed by atoms with Crippen molar-refractivity contribution in [2.24, 2.45) is 0 Å². The van der Waals surface area contributed by atoms with Gasteiger partial charge in [0.25, 0.3) is 0 Å². The number of rotatable bonds is 2. The van der Waals surface area contributed by atoms with Crippen molar-refractivity contribution in [3.05, 3.63) is 23.2 Å². The van der Waals surface area contributed by atoms with Crippen LogP contribution in [-0.2, 0) is 9.47 Å². The highest BCUT2D eigenvalue weighted by Crippen LogP contribution is 2.36. The van der Waals surface area contributed by atoms with Crippen molar-refractivity contribution >= 4 is 33.2 Å². The molecule has 2 aromatic heterocycles. The van der Waals surface area contributed by atoms with Crippen LogP contribution in [0.4, 0.5) is 4.79 Å². The molecule has 146 valence electrons. The third-order valence-corrected chi connectivity index (χ3v) is 6.09. The molecule has 1 amide bonds. The monoisotopic (exact) mass is 389 g/mol. The molecule has 4 rings (SSSR count). The highest BCUT2D eigenvalue weighted by Gasteiger charge is 2.25. The van der Waals surface area contributed by atoms with Crippen LogP contribution in [0, 0.1) is 0 Å². The van der Waals surface area contributed by atoms with Crippen LogP contribution in [-0.4, -0.2) is 46.1 Å². The molecular formula is C20H27N3O3S. The summed E-state index contributed by atoms with van der Waals surface area (Å²) in [7, 11) is 0. The SMILES string of the molecule is CC(C)(C)OC(=O)N1CC=C(c2cc3cnn(C4CCCCO4)c3s2)CC1. The first kappa shape index (κ1) is 18.5. The molecule has 2 aliphatic rings. The molecule has 0 N–H and O–H groups in total. The van der Waals surface area contributed by atoms with Gasteiger partial charge in [0.2, 0.25) is 0 Å². The molecule has 2 aromatic rings. The molecule has 0 saturated carbocycles. The fourth-order valence-corrected chi connectivity index (χ4v) is 4.71. The number of ether oxygens (including phenoxy) is 2. The Morgan fingerprint density at radius 2 is 2.22 bits per heavy atom. The lowest BCUT2D eigenvalue weighted by molar-refractivity contribution is -0.0363. The fourth-order valence-electron chi connectivity index (χ4n) is 3.51. The largest absolute Gasteiger partial charge is 0.444 e. The van der Waals surface area contributed by atoms with Crippen LogP contribution in [0.15, 0.2) is 18.3 Å². The molecule has 1 saturated heterocycles. The summed E-state index contributed by atoms with van der Waals surface area (Å²) in [5.74, 6) is 0. The zero-order chi connectivity index (χ0) is 19.0.